The quantitative estimate of drug-likeness (QED) is 0.243. The lowest BCUT2D eigenvalue weighted by Gasteiger charge is -2.33. The first-order chi connectivity index (χ1) is 12.5. The van der Waals surface area contributed by atoms with Crippen LogP contribution in [0.3, 0.4) is 0 Å². The zero-order valence-electron chi connectivity index (χ0n) is 16.9. The van der Waals surface area contributed by atoms with E-state index in [0.29, 0.717) is 11.2 Å². The van der Waals surface area contributed by atoms with Crippen LogP contribution in [0, 0.1) is 5.82 Å². The van der Waals surface area contributed by atoms with E-state index in [9.17, 15) is 4.39 Å². The van der Waals surface area contributed by atoms with E-state index in [1.54, 1.807) is 31.4 Å². The summed E-state index contributed by atoms with van der Waals surface area (Å²) < 4.78 is 20.1. The monoisotopic (exact) mass is 374 g/mol. The van der Waals surface area contributed by atoms with Crippen LogP contribution >= 0.6 is 0 Å². The van der Waals surface area contributed by atoms with Crippen LogP contribution in [0.2, 0.25) is 0 Å². The molecule has 145 valence electrons. The highest BCUT2D eigenvalue weighted by atomic mass is 19.1. The van der Waals surface area contributed by atoms with Gasteiger partial charge in [-0.25, -0.2) is 15.2 Å². The summed E-state index contributed by atoms with van der Waals surface area (Å²) in [7, 11) is 5.48. The molecule has 0 fully saturated rings. The van der Waals surface area contributed by atoms with Gasteiger partial charge < -0.3 is 14.7 Å². The van der Waals surface area contributed by atoms with Crippen molar-refractivity contribution < 1.29 is 19.6 Å². The maximum Gasteiger partial charge on any atom is 0.331 e. The summed E-state index contributed by atoms with van der Waals surface area (Å²) in [5.74, 6) is -0.340. The lowest BCUT2D eigenvalue weighted by molar-refractivity contribution is -0.540. The SMILES string of the molecule is CN(C)c1ccc(N[NH2+]c2ccc([B]OC(C)(C)C(C)(C)[OH2+])cc2F)cc1. The van der Waals surface area contributed by atoms with Gasteiger partial charge in [-0.05, 0) is 44.2 Å². The second kappa shape index (κ2) is 8.29. The van der Waals surface area contributed by atoms with E-state index in [1.807, 2.05) is 57.1 Å². The van der Waals surface area contributed by atoms with E-state index in [4.69, 9.17) is 9.76 Å². The molecule has 0 aliphatic rings. The minimum Gasteiger partial charge on any atom is -0.439 e. The third-order valence-electron chi connectivity index (χ3n) is 4.80. The molecule has 0 saturated carbocycles. The first-order valence-electron chi connectivity index (χ1n) is 8.92. The maximum atomic E-state index is 14.4. The van der Waals surface area contributed by atoms with Crippen LogP contribution in [-0.2, 0) is 4.65 Å². The molecular formula is C20H30BFN3O2+2. The molecule has 0 heterocycles. The summed E-state index contributed by atoms with van der Waals surface area (Å²) in [5, 5.41) is 8.11. The molecule has 27 heavy (non-hydrogen) atoms. The van der Waals surface area contributed by atoms with Crippen LogP contribution in [0.25, 0.3) is 0 Å². The van der Waals surface area contributed by atoms with Crippen molar-refractivity contribution in [1.29, 1.82) is 0 Å². The van der Waals surface area contributed by atoms with E-state index in [0.717, 1.165) is 11.4 Å². The smallest absolute Gasteiger partial charge is 0.331 e. The summed E-state index contributed by atoms with van der Waals surface area (Å²) in [6, 6.07) is 12.8. The number of halogens is 1. The van der Waals surface area contributed by atoms with Gasteiger partial charge in [-0.3, -0.25) is 0 Å². The Morgan fingerprint density at radius 1 is 1.07 bits per heavy atom. The molecule has 0 saturated heterocycles. The van der Waals surface area contributed by atoms with E-state index < -0.39 is 11.2 Å². The summed E-state index contributed by atoms with van der Waals surface area (Å²) in [4.78, 5) is 2.02. The van der Waals surface area contributed by atoms with Crippen molar-refractivity contribution in [2.24, 2.45) is 0 Å². The number of benzene rings is 2. The minimum absolute atomic E-state index is 0.340. The van der Waals surface area contributed by atoms with Gasteiger partial charge in [0.15, 0.2) is 17.1 Å². The van der Waals surface area contributed by atoms with E-state index in [1.165, 1.54) is 13.5 Å². The standard InChI is InChI=1S/C20H28BFN3O2/c1-19(2,26)20(3,4)27-21-14-7-12-18(17(22)13-14)24-23-15-8-10-16(11-9-15)25(5)6/h7-13,23-24,26H,1-6H3/p+2. The Bertz CT molecular complexity index is 759. The third-order valence-corrected chi connectivity index (χ3v) is 4.80. The zero-order valence-corrected chi connectivity index (χ0v) is 16.9. The number of nitrogens with zero attached hydrogens (tertiary/aromatic N) is 1. The van der Waals surface area contributed by atoms with E-state index >= 15 is 0 Å². The summed E-state index contributed by atoms with van der Waals surface area (Å²) >= 11 is 0. The second-order valence-electron chi connectivity index (χ2n) is 7.88. The number of quaternary nitrogens is 1. The molecule has 5 N–H and O–H groups in total. The normalized spacial score (nSPS) is 12.0. The number of hydrogen-bond donors (Lipinski definition) is 2. The molecule has 7 heteroatoms. The molecule has 0 aliphatic carbocycles. The highest BCUT2D eigenvalue weighted by molar-refractivity contribution is 6.47. The van der Waals surface area contributed by atoms with Gasteiger partial charge in [0, 0.05) is 39.7 Å². The predicted molar refractivity (Wildman–Crippen MR) is 111 cm³/mol. The Morgan fingerprint density at radius 2 is 1.70 bits per heavy atom. The van der Waals surface area contributed by atoms with Crippen molar-refractivity contribution in [2.75, 3.05) is 24.4 Å². The lowest BCUT2D eigenvalue weighted by atomic mass is 9.82. The summed E-state index contributed by atoms with van der Waals surface area (Å²) in [6.45, 7) is 7.27. The third kappa shape index (κ3) is 5.69. The summed E-state index contributed by atoms with van der Waals surface area (Å²) in [6.07, 6.45) is 0. The molecule has 0 unspecified atom stereocenters. The number of anilines is 2. The molecule has 1 radical (unpaired) electrons. The summed E-state index contributed by atoms with van der Waals surface area (Å²) in [5.41, 5.74) is 6.37. The molecule has 0 amide bonds. The van der Waals surface area contributed by atoms with Crippen LogP contribution < -0.4 is 21.2 Å². The van der Waals surface area contributed by atoms with Crippen LogP contribution in [0.5, 0.6) is 0 Å². The molecule has 2 rings (SSSR count). The molecule has 5 nitrogen and oxygen atoms in total. The Hall–Kier alpha value is -2.09. The largest absolute Gasteiger partial charge is 0.439 e. The fourth-order valence-corrected chi connectivity index (χ4v) is 2.11. The van der Waals surface area contributed by atoms with Gasteiger partial charge in [0.05, 0.1) is 5.69 Å². The average Bonchev–Trinajstić information content (AvgIpc) is 2.58. The van der Waals surface area contributed by atoms with Gasteiger partial charge >= 0.3 is 7.48 Å². The Labute approximate surface area is 161 Å². The molecule has 0 spiro atoms. The predicted octanol–water partition coefficient (Wildman–Crippen LogP) is 1.66. The van der Waals surface area contributed by atoms with Crippen molar-refractivity contribution in [2.45, 2.75) is 38.9 Å². The van der Waals surface area contributed by atoms with Gasteiger partial charge in [0.1, 0.15) is 5.60 Å². The van der Waals surface area contributed by atoms with Gasteiger partial charge in [0.2, 0.25) is 0 Å². The van der Waals surface area contributed by atoms with Crippen molar-refractivity contribution >= 4 is 30.0 Å². The van der Waals surface area contributed by atoms with Gasteiger partial charge in [-0.2, -0.15) is 0 Å². The van der Waals surface area contributed by atoms with Crippen molar-refractivity contribution in [3.63, 3.8) is 0 Å². The molecule has 2 aromatic rings. The number of hydrogen-bond acceptors (Lipinski definition) is 3. The molecular weight excluding hydrogens is 344 g/mol. The van der Waals surface area contributed by atoms with E-state index in [-0.39, 0.29) is 5.82 Å². The maximum absolute atomic E-state index is 14.4. The van der Waals surface area contributed by atoms with Crippen molar-refractivity contribution in [3.8, 4) is 0 Å². The highest BCUT2D eigenvalue weighted by Crippen LogP contribution is 2.24. The topological polar surface area (TPSA) is 64.0 Å². The Morgan fingerprint density at radius 3 is 2.22 bits per heavy atom. The van der Waals surface area contributed by atoms with Gasteiger partial charge in [-0.15, -0.1) is 0 Å². The number of nitrogens with two attached hydrogens (primary N) is 1. The fourth-order valence-electron chi connectivity index (χ4n) is 2.11. The fraction of sp³-hybridized carbons (Fsp3) is 0.400. The van der Waals surface area contributed by atoms with Crippen LogP contribution in [0.1, 0.15) is 27.7 Å². The van der Waals surface area contributed by atoms with Crippen LogP contribution in [0.15, 0.2) is 42.5 Å². The van der Waals surface area contributed by atoms with Crippen LogP contribution in [-0.4, -0.2) is 37.9 Å². The molecule has 0 aliphatic heterocycles. The van der Waals surface area contributed by atoms with E-state index in [2.05, 4.69) is 5.43 Å². The molecule has 0 bridgehead atoms. The average molecular weight is 374 g/mol. The Kier molecular flexibility index (Phi) is 6.52. The second-order valence-corrected chi connectivity index (χ2v) is 7.88. The van der Waals surface area contributed by atoms with Gasteiger partial charge in [0.25, 0.3) is 0 Å². The lowest BCUT2D eigenvalue weighted by Crippen LogP contribution is -2.83. The Balaban J connectivity index is 1.96. The number of nitrogen functional groups attached to an aromatic ring is 1. The van der Waals surface area contributed by atoms with Crippen molar-refractivity contribution in [1.82, 2.24) is 0 Å². The van der Waals surface area contributed by atoms with Crippen LogP contribution in [0.4, 0.5) is 21.5 Å². The number of rotatable bonds is 8. The first-order valence-corrected chi connectivity index (χ1v) is 8.92. The van der Waals surface area contributed by atoms with Crippen molar-refractivity contribution in [3.05, 3.63) is 48.3 Å². The minimum atomic E-state index is -0.776. The highest BCUT2D eigenvalue weighted by Gasteiger charge is 2.40. The molecule has 0 atom stereocenters. The van der Waals surface area contributed by atoms with Gasteiger partial charge in [-0.1, -0.05) is 11.5 Å². The first kappa shape index (κ1) is 21.2. The zero-order chi connectivity index (χ0) is 20.2. The number of nitrogens with one attached hydrogen (secondary N) is 1. The molecule has 2 aromatic carbocycles. The molecule has 0 aromatic heterocycles.